The Morgan fingerprint density at radius 3 is 2.21 bits per heavy atom. The number of hydrogen-bond acceptors (Lipinski definition) is 6. The molecule has 0 aliphatic carbocycles. The maximum atomic E-state index is 8.74. The van der Waals surface area contributed by atoms with Crippen LogP contribution in [0.4, 0.5) is 0 Å². The fourth-order valence-electron chi connectivity index (χ4n) is 0.551. The van der Waals surface area contributed by atoms with Gasteiger partial charge in [0.15, 0.2) is 0 Å². The van der Waals surface area contributed by atoms with Crippen molar-refractivity contribution in [2.75, 3.05) is 6.61 Å². The predicted octanol–water partition coefficient (Wildman–Crippen LogP) is -3.19. The van der Waals surface area contributed by atoms with E-state index in [4.69, 9.17) is 22.6 Å². The van der Waals surface area contributed by atoms with E-state index in [1.807, 2.05) is 0 Å². The molecule has 0 bridgehead atoms. The minimum absolute atomic E-state index is 0.0975. The summed E-state index contributed by atoms with van der Waals surface area (Å²) in [6, 6.07) is 0. The molecule has 1 rings (SSSR count). The molecule has 14 heavy (non-hydrogen) atoms. The number of nitrogens with zero attached hydrogens (tertiary/aromatic N) is 4. The molecule has 3 N–H and O–H groups in total. The Labute approximate surface area is 97.1 Å². The van der Waals surface area contributed by atoms with E-state index in [9.17, 15) is 0 Å². The van der Waals surface area contributed by atoms with Crippen LogP contribution in [0.3, 0.4) is 0 Å². The Balaban J connectivity index is 0.000000292. The van der Waals surface area contributed by atoms with E-state index in [-0.39, 0.29) is 6.61 Å². The van der Waals surface area contributed by atoms with Crippen molar-refractivity contribution >= 4 is 41.4 Å². The van der Waals surface area contributed by atoms with Gasteiger partial charge < -0.3 is 0 Å². The van der Waals surface area contributed by atoms with Crippen LogP contribution < -0.4 is 3.07 Å². The third-order valence-corrected chi connectivity index (χ3v) is 1.74. The van der Waals surface area contributed by atoms with Crippen molar-refractivity contribution < 1.29 is 22.6 Å². The van der Waals surface area contributed by atoms with Crippen LogP contribution in [-0.4, -0.2) is 77.4 Å². The number of aliphatic hydroxyl groups excluding tert-OH is 1. The van der Waals surface area contributed by atoms with E-state index in [0.717, 1.165) is 31.0 Å². The third-order valence-electron chi connectivity index (χ3n) is 1.02. The van der Waals surface area contributed by atoms with Crippen molar-refractivity contribution in [3.8, 4) is 0 Å². The second-order valence-corrected chi connectivity index (χ2v) is 3.91. The van der Waals surface area contributed by atoms with Gasteiger partial charge in [0.2, 0.25) is 0 Å². The summed E-state index contributed by atoms with van der Waals surface area (Å²) in [7, 11) is -4.67. The molecule has 0 atom stereocenters. The summed E-state index contributed by atoms with van der Waals surface area (Å²) in [5.41, 5.74) is 0. The molecule has 1 aromatic rings. The van der Waals surface area contributed by atoms with Gasteiger partial charge >= 0.3 is 79.9 Å². The number of aliphatic hydroxyl groups is 1. The zero-order valence-corrected chi connectivity index (χ0v) is 10.1. The zero-order valence-electron chi connectivity index (χ0n) is 7.27. The van der Waals surface area contributed by atoms with E-state index >= 15 is 0 Å². The molecule has 0 aromatic carbocycles. The van der Waals surface area contributed by atoms with Crippen LogP contribution in [0, 0.1) is 0 Å². The van der Waals surface area contributed by atoms with Crippen LogP contribution in [-0.2, 0) is 16.9 Å². The molecule has 76 valence electrons. The van der Waals surface area contributed by atoms with Crippen LogP contribution >= 0.6 is 0 Å². The number of aromatic nitrogens is 4. The number of rotatable bonds is 2. The molecular weight excluding hydrogens is 227 g/mol. The molecule has 0 spiro atoms. The summed E-state index contributed by atoms with van der Waals surface area (Å²) >= 11 is 0.828. The summed E-state index contributed by atoms with van der Waals surface area (Å²) < 4.78 is 34.1. The Bertz CT molecular complexity index is 355. The molecule has 0 amide bonds. The fraction of sp³-hybridized carbons (Fsp3) is 0.667. The second-order valence-electron chi connectivity index (χ2n) is 2.12. The molecule has 0 saturated carbocycles. The molecule has 11 heteroatoms. The van der Waals surface area contributed by atoms with Gasteiger partial charge in [-0.15, -0.1) is 0 Å². The molecular formula is C3H7N4NaO5S. The molecule has 0 unspecified atom stereocenters. The quantitative estimate of drug-likeness (QED) is 0.359. The molecule has 0 fully saturated rings. The standard InChI is InChI=1S/C3H5N4O.Na.H2O4S/c8-2-1-7-3-4-5-6-7;;1-5(2,3)4/h8H,1-2H2;;(H2,1,2,3,4). The summed E-state index contributed by atoms with van der Waals surface area (Å²) in [4.78, 5) is 0. The van der Waals surface area contributed by atoms with Crippen molar-refractivity contribution in [3.63, 3.8) is 0 Å². The van der Waals surface area contributed by atoms with Gasteiger partial charge in [-0.2, -0.15) is 8.42 Å². The third kappa shape index (κ3) is 8.50. The average molecular weight is 234 g/mol. The van der Waals surface area contributed by atoms with Crippen molar-refractivity contribution in [1.29, 1.82) is 0 Å². The molecule has 1 aromatic heterocycles. The van der Waals surface area contributed by atoms with E-state index in [1.54, 1.807) is 4.68 Å². The van der Waals surface area contributed by atoms with Crippen LogP contribution in [0.5, 0.6) is 0 Å². The second kappa shape index (κ2) is 6.40. The first kappa shape index (κ1) is 13.9. The first-order chi connectivity index (χ1) is 6.34. The van der Waals surface area contributed by atoms with E-state index < -0.39 is 10.4 Å². The Hall–Kier alpha value is -0.100. The summed E-state index contributed by atoms with van der Waals surface area (Å²) in [6.07, 6.45) is 0. The Kier molecular flexibility index (Phi) is 6.35. The monoisotopic (exact) mass is 234 g/mol. The molecule has 1 heterocycles. The molecule has 9 nitrogen and oxygen atoms in total. The zero-order chi connectivity index (χ0) is 11.2. The SMILES string of the molecule is O=S(=O)(O)O.OCCn1nnn[c]1[Na]. The van der Waals surface area contributed by atoms with Gasteiger partial charge in [0.25, 0.3) is 0 Å². The number of hydrogen-bond donors (Lipinski definition) is 3. The van der Waals surface area contributed by atoms with Gasteiger partial charge in [0, 0.05) is 0 Å². The predicted molar refractivity (Wildman–Crippen MR) is 44.5 cm³/mol. The van der Waals surface area contributed by atoms with Gasteiger partial charge in [0.05, 0.1) is 0 Å². The van der Waals surface area contributed by atoms with Crippen LogP contribution in [0.2, 0.25) is 0 Å². The normalized spacial score (nSPS) is 10.6. The van der Waals surface area contributed by atoms with Crippen molar-refractivity contribution in [1.82, 2.24) is 20.2 Å². The minimum atomic E-state index is -4.67. The summed E-state index contributed by atoms with van der Waals surface area (Å²) in [6.45, 7) is 0.603. The van der Waals surface area contributed by atoms with Gasteiger partial charge in [-0.1, -0.05) is 0 Å². The van der Waals surface area contributed by atoms with E-state index in [2.05, 4.69) is 15.5 Å². The first-order valence-corrected chi connectivity index (χ1v) is 5.78. The van der Waals surface area contributed by atoms with Gasteiger partial charge in [-0.3, -0.25) is 9.11 Å². The van der Waals surface area contributed by atoms with Gasteiger partial charge in [-0.05, 0) is 0 Å². The van der Waals surface area contributed by atoms with E-state index in [1.165, 1.54) is 0 Å². The Morgan fingerprint density at radius 2 is 1.93 bits per heavy atom. The molecule has 0 aliphatic rings. The number of tetrazole rings is 1. The molecule has 0 radical (unpaired) electrons. The topological polar surface area (TPSA) is 138 Å². The van der Waals surface area contributed by atoms with Crippen molar-refractivity contribution in [2.24, 2.45) is 0 Å². The van der Waals surface area contributed by atoms with Crippen molar-refractivity contribution in [2.45, 2.75) is 6.54 Å². The fourth-order valence-corrected chi connectivity index (χ4v) is 0.953. The Morgan fingerprint density at radius 1 is 1.43 bits per heavy atom. The van der Waals surface area contributed by atoms with Crippen LogP contribution in [0.15, 0.2) is 0 Å². The van der Waals surface area contributed by atoms with Crippen molar-refractivity contribution in [3.05, 3.63) is 0 Å². The summed E-state index contributed by atoms with van der Waals surface area (Å²) in [5, 5.41) is 19.2. The molecule has 0 aliphatic heterocycles. The average Bonchev–Trinajstić information content (AvgIpc) is 2.34. The van der Waals surface area contributed by atoms with Gasteiger partial charge in [0.1, 0.15) is 0 Å². The van der Waals surface area contributed by atoms with Crippen LogP contribution in [0.25, 0.3) is 0 Å². The van der Waals surface area contributed by atoms with E-state index in [0.29, 0.717) is 6.54 Å². The first-order valence-electron chi connectivity index (χ1n) is 3.38. The maximum absolute atomic E-state index is 8.74. The van der Waals surface area contributed by atoms with Gasteiger partial charge in [-0.25, -0.2) is 0 Å². The summed E-state index contributed by atoms with van der Waals surface area (Å²) in [5.74, 6) is 0. The molecule has 0 saturated heterocycles. The van der Waals surface area contributed by atoms with Crippen LogP contribution in [0.1, 0.15) is 0 Å².